The number of phenolic OH excluding ortho intramolecular Hbond substituents is 1. The van der Waals surface area contributed by atoms with Crippen molar-refractivity contribution in [3.63, 3.8) is 0 Å². The van der Waals surface area contributed by atoms with Crippen molar-refractivity contribution in [3.8, 4) is 17.3 Å². The van der Waals surface area contributed by atoms with Gasteiger partial charge in [-0.25, -0.2) is 8.78 Å². The van der Waals surface area contributed by atoms with Gasteiger partial charge in [-0.3, -0.25) is 4.79 Å². The van der Waals surface area contributed by atoms with Crippen molar-refractivity contribution in [1.29, 1.82) is 0 Å². The molecule has 0 atom stereocenters. The van der Waals surface area contributed by atoms with Crippen LogP contribution in [0, 0.1) is 17.0 Å². The second kappa shape index (κ2) is 8.49. The predicted octanol–water partition coefficient (Wildman–Crippen LogP) is 4.55. The monoisotopic (exact) mass is 509 g/mol. The zero-order chi connectivity index (χ0) is 25.7. The van der Waals surface area contributed by atoms with Gasteiger partial charge >= 0.3 is 6.18 Å². The SMILES string of the molecule is O=C(NCC12CCC(c3noc(-c4ccc(C(F)(F)F)nn4)n3)(CC1)CC2)c1cc(F)c(O)c(F)c1. The minimum atomic E-state index is -4.60. The first-order valence-corrected chi connectivity index (χ1v) is 11.2. The molecule has 0 radical (unpaired) electrons. The summed E-state index contributed by atoms with van der Waals surface area (Å²) < 4.78 is 70.6. The number of rotatable bonds is 5. The molecule has 190 valence electrons. The molecule has 3 saturated carbocycles. The molecule has 3 aliphatic rings. The largest absolute Gasteiger partial charge is 0.503 e. The first-order chi connectivity index (χ1) is 17.0. The van der Waals surface area contributed by atoms with Crippen LogP contribution in [0.15, 0.2) is 28.8 Å². The maximum Gasteiger partial charge on any atom is 0.435 e. The maximum atomic E-state index is 13.6. The van der Waals surface area contributed by atoms with Gasteiger partial charge in [0, 0.05) is 17.5 Å². The van der Waals surface area contributed by atoms with Crippen LogP contribution in [0.25, 0.3) is 11.6 Å². The normalized spacial score (nSPS) is 23.6. The summed E-state index contributed by atoms with van der Waals surface area (Å²) in [5.41, 5.74) is -1.82. The average Bonchev–Trinajstić information content (AvgIpc) is 3.38. The lowest BCUT2D eigenvalue weighted by Crippen LogP contribution is -2.49. The van der Waals surface area contributed by atoms with E-state index < -0.39 is 35.2 Å². The quantitative estimate of drug-likeness (QED) is 0.485. The summed E-state index contributed by atoms with van der Waals surface area (Å²) in [5.74, 6) is -3.73. The van der Waals surface area contributed by atoms with Crippen LogP contribution >= 0.6 is 0 Å². The second-order valence-electron chi connectivity index (χ2n) is 9.48. The van der Waals surface area contributed by atoms with Crippen molar-refractivity contribution in [2.24, 2.45) is 5.41 Å². The van der Waals surface area contributed by atoms with Gasteiger partial charge < -0.3 is 14.9 Å². The molecule has 6 rings (SSSR count). The fourth-order valence-corrected chi connectivity index (χ4v) is 5.07. The van der Waals surface area contributed by atoms with Gasteiger partial charge in [-0.2, -0.15) is 18.2 Å². The maximum absolute atomic E-state index is 13.6. The number of halogens is 5. The van der Waals surface area contributed by atoms with E-state index in [1.54, 1.807) is 0 Å². The Balaban J connectivity index is 1.23. The van der Waals surface area contributed by atoms with Gasteiger partial charge in [0.1, 0.15) is 0 Å². The highest BCUT2D eigenvalue weighted by Gasteiger charge is 2.51. The lowest BCUT2D eigenvalue weighted by atomic mass is 9.53. The number of aromatic hydroxyl groups is 1. The number of carbonyl (C=O) groups excluding carboxylic acids is 1. The Morgan fingerprint density at radius 2 is 1.67 bits per heavy atom. The molecule has 3 fully saturated rings. The highest BCUT2D eigenvalue weighted by molar-refractivity contribution is 5.94. The molecule has 13 heteroatoms. The Bertz CT molecular complexity index is 1260. The molecule has 2 heterocycles. The summed E-state index contributed by atoms with van der Waals surface area (Å²) in [4.78, 5) is 16.8. The van der Waals surface area contributed by atoms with Gasteiger partial charge in [0.2, 0.25) is 0 Å². The van der Waals surface area contributed by atoms with Crippen LogP contribution in [0.2, 0.25) is 0 Å². The van der Waals surface area contributed by atoms with E-state index >= 15 is 0 Å². The van der Waals surface area contributed by atoms with E-state index in [-0.39, 0.29) is 28.0 Å². The third-order valence-electron chi connectivity index (χ3n) is 7.38. The van der Waals surface area contributed by atoms with Crippen LogP contribution in [0.5, 0.6) is 5.75 Å². The highest BCUT2D eigenvalue weighted by Crippen LogP contribution is 2.57. The molecule has 0 aliphatic heterocycles. The number of benzene rings is 1. The van der Waals surface area contributed by atoms with E-state index in [4.69, 9.17) is 4.52 Å². The summed E-state index contributed by atoms with van der Waals surface area (Å²) >= 11 is 0. The van der Waals surface area contributed by atoms with E-state index in [1.165, 1.54) is 0 Å². The lowest BCUT2D eigenvalue weighted by Gasteiger charge is -2.52. The van der Waals surface area contributed by atoms with Gasteiger partial charge in [0.05, 0.1) is 0 Å². The number of aromatic nitrogens is 4. The van der Waals surface area contributed by atoms with Crippen molar-refractivity contribution in [3.05, 3.63) is 53.0 Å². The summed E-state index contributed by atoms with van der Waals surface area (Å²) in [6.07, 6.45) is -0.229. The third kappa shape index (κ3) is 4.26. The number of phenols is 1. The molecule has 36 heavy (non-hydrogen) atoms. The Kier molecular flexibility index (Phi) is 5.67. The molecule has 2 N–H and O–H groups in total. The number of carbonyl (C=O) groups is 1. The summed E-state index contributed by atoms with van der Waals surface area (Å²) in [6, 6.07) is 3.50. The fraction of sp³-hybridized carbons (Fsp3) is 0.435. The minimum Gasteiger partial charge on any atom is -0.503 e. The van der Waals surface area contributed by atoms with Crippen LogP contribution in [0.4, 0.5) is 22.0 Å². The number of alkyl halides is 3. The Morgan fingerprint density at radius 3 is 2.22 bits per heavy atom. The van der Waals surface area contributed by atoms with Gasteiger partial charge in [0.25, 0.3) is 11.8 Å². The zero-order valence-corrected chi connectivity index (χ0v) is 18.7. The fourth-order valence-electron chi connectivity index (χ4n) is 5.07. The number of fused-ring (bicyclic) bond motifs is 3. The molecular weight excluding hydrogens is 489 g/mol. The van der Waals surface area contributed by atoms with Gasteiger partial charge in [-0.05, 0) is 68.2 Å². The van der Waals surface area contributed by atoms with Crippen molar-refractivity contribution in [2.45, 2.75) is 50.1 Å². The number of amides is 1. The van der Waals surface area contributed by atoms with Crippen molar-refractivity contribution in [1.82, 2.24) is 25.7 Å². The molecule has 3 aliphatic carbocycles. The summed E-state index contributed by atoms with van der Waals surface area (Å²) in [7, 11) is 0. The molecular formula is C23H20F5N5O3. The Hall–Kier alpha value is -3.64. The molecule has 0 unspecified atom stereocenters. The van der Waals surface area contributed by atoms with E-state index in [0.29, 0.717) is 31.6 Å². The number of nitrogens with one attached hydrogen (secondary N) is 1. The summed E-state index contributed by atoms with van der Waals surface area (Å²) in [5, 5.41) is 22.8. The standard InChI is InChI=1S/C23H20F5N5O3/c24-13-9-12(10-14(25)17(13)34)18(35)29-11-21-3-6-22(7-4-21,8-5-21)20-30-19(36-33-20)15-1-2-16(32-31-15)23(26,27)28/h1-2,9-10,34H,3-8,11H2,(H,29,35). The molecule has 2 bridgehead atoms. The third-order valence-corrected chi connectivity index (χ3v) is 7.38. The van der Waals surface area contributed by atoms with Crippen LogP contribution in [0.3, 0.4) is 0 Å². The molecule has 8 nitrogen and oxygen atoms in total. The number of hydrogen-bond acceptors (Lipinski definition) is 7. The Labute approximate surface area is 200 Å². The average molecular weight is 509 g/mol. The van der Waals surface area contributed by atoms with E-state index in [1.807, 2.05) is 0 Å². The highest BCUT2D eigenvalue weighted by atomic mass is 19.4. The number of hydrogen-bond donors (Lipinski definition) is 2. The van der Waals surface area contributed by atoms with Crippen LogP contribution < -0.4 is 5.32 Å². The van der Waals surface area contributed by atoms with E-state index in [0.717, 1.165) is 43.5 Å². The van der Waals surface area contributed by atoms with Crippen molar-refractivity contribution >= 4 is 5.91 Å². The minimum absolute atomic E-state index is 0.0105. The molecule has 2 aromatic heterocycles. The lowest BCUT2D eigenvalue weighted by molar-refractivity contribution is -0.141. The van der Waals surface area contributed by atoms with Crippen LogP contribution in [-0.2, 0) is 11.6 Å². The first kappa shape index (κ1) is 24.1. The molecule has 0 saturated heterocycles. The molecule has 0 spiro atoms. The predicted molar refractivity (Wildman–Crippen MR) is 112 cm³/mol. The van der Waals surface area contributed by atoms with E-state index in [9.17, 15) is 31.9 Å². The topological polar surface area (TPSA) is 114 Å². The van der Waals surface area contributed by atoms with Gasteiger partial charge in [0.15, 0.2) is 34.6 Å². The number of nitrogens with zero attached hydrogens (tertiary/aromatic N) is 4. The van der Waals surface area contributed by atoms with Crippen molar-refractivity contribution in [2.75, 3.05) is 6.54 Å². The van der Waals surface area contributed by atoms with Gasteiger partial charge in [-0.1, -0.05) is 5.16 Å². The Morgan fingerprint density at radius 1 is 1.03 bits per heavy atom. The van der Waals surface area contributed by atoms with Crippen molar-refractivity contribution < 1.29 is 36.4 Å². The molecule has 1 amide bonds. The summed E-state index contributed by atoms with van der Waals surface area (Å²) in [6.45, 7) is 0.324. The first-order valence-electron chi connectivity index (χ1n) is 11.2. The zero-order valence-electron chi connectivity index (χ0n) is 18.7. The smallest absolute Gasteiger partial charge is 0.435 e. The van der Waals surface area contributed by atoms with Crippen LogP contribution in [-0.4, -0.2) is 37.9 Å². The second-order valence-corrected chi connectivity index (χ2v) is 9.48. The van der Waals surface area contributed by atoms with Crippen LogP contribution in [0.1, 0.15) is 60.4 Å². The van der Waals surface area contributed by atoms with Gasteiger partial charge in [-0.15, -0.1) is 10.2 Å². The van der Waals surface area contributed by atoms with E-state index in [2.05, 4.69) is 25.7 Å². The molecule has 3 aromatic rings. The molecule has 1 aromatic carbocycles.